The van der Waals surface area contributed by atoms with Crippen molar-refractivity contribution < 1.29 is 8.42 Å². The van der Waals surface area contributed by atoms with E-state index in [2.05, 4.69) is 30.9 Å². The van der Waals surface area contributed by atoms with Crippen LogP contribution >= 0.6 is 27.3 Å². The molecule has 0 amide bonds. The SMILES string of the molecule is Cc1c(S(=O)(=O)Nc2ccc(N3CCNCC3)cc2)sc2ccc(Br)cc12. The second kappa shape index (κ2) is 7.43. The molecule has 27 heavy (non-hydrogen) atoms. The lowest BCUT2D eigenvalue weighted by Gasteiger charge is -2.29. The molecule has 0 aliphatic carbocycles. The van der Waals surface area contributed by atoms with E-state index < -0.39 is 10.0 Å². The van der Waals surface area contributed by atoms with Crippen molar-refractivity contribution in [2.45, 2.75) is 11.1 Å². The number of fused-ring (bicyclic) bond motifs is 1. The molecule has 1 aliphatic rings. The highest BCUT2D eigenvalue weighted by Gasteiger charge is 2.22. The second-order valence-corrected chi connectivity index (χ2v) is 10.4. The molecule has 1 aromatic heterocycles. The third-order valence-electron chi connectivity index (χ3n) is 4.70. The predicted octanol–water partition coefficient (Wildman–Crippen LogP) is 4.18. The summed E-state index contributed by atoms with van der Waals surface area (Å²) in [5, 5.41) is 4.29. The maximum Gasteiger partial charge on any atom is 0.271 e. The van der Waals surface area contributed by atoms with Gasteiger partial charge in [-0.25, -0.2) is 8.42 Å². The van der Waals surface area contributed by atoms with Crippen LogP contribution in [0, 0.1) is 6.92 Å². The topological polar surface area (TPSA) is 61.4 Å². The summed E-state index contributed by atoms with van der Waals surface area (Å²) in [6.07, 6.45) is 0. The maximum absolute atomic E-state index is 12.9. The van der Waals surface area contributed by atoms with Crippen LogP contribution < -0.4 is 14.9 Å². The first-order chi connectivity index (χ1) is 12.9. The van der Waals surface area contributed by atoms with Crippen molar-refractivity contribution in [1.29, 1.82) is 0 Å². The zero-order valence-corrected chi connectivity index (χ0v) is 18.0. The normalized spacial score (nSPS) is 15.3. The highest BCUT2D eigenvalue weighted by molar-refractivity contribution is 9.10. The zero-order valence-electron chi connectivity index (χ0n) is 14.8. The molecule has 4 rings (SSSR count). The minimum absolute atomic E-state index is 0.363. The number of nitrogens with one attached hydrogen (secondary N) is 2. The molecule has 5 nitrogen and oxygen atoms in total. The van der Waals surface area contributed by atoms with Gasteiger partial charge < -0.3 is 10.2 Å². The molecule has 0 unspecified atom stereocenters. The number of rotatable bonds is 4. The molecule has 3 aromatic rings. The van der Waals surface area contributed by atoms with E-state index in [1.165, 1.54) is 11.3 Å². The third kappa shape index (κ3) is 3.85. The lowest BCUT2D eigenvalue weighted by molar-refractivity contribution is 0.589. The number of anilines is 2. The Morgan fingerprint density at radius 1 is 1.11 bits per heavy atom. The van der Waals surface area contributed by atoms with Crippen molar-refractivity contribution in [1.82, 2.24) is 5.32 Å². The molecule has 0 spiro atoms. The molecular formula is C19H20BrN3O2S2. The molecule has 8 heteroatoms. The van der Waals surface area contributed by atoms with E-state index in [9.17, 15) is 8.42 Å². The number of hydrogen-bond donors (Lipinski definition) is 2. The van der Waals surface area contributed by atoms with Crippen LogP contribution in [-0.2, 0) is 10.0 Å². The fraction of sp³-hybridized carbons (Fsp3) is 0.263. The number of piperazine rings is 1. The van der Waals surface area contributed by atoms with Gasteiger partial charge in [-0.1, -0.05) is 15.9 Å². The van der Waals surface area contributed by atoms with E-state index in [1.54, 1.807) is 0 Å². The molecule has 142 valence electrons. The van der Waals surface area contributed by atoms with E-state index >= 15 is 0 Å². The summed E-state index contributed by atoms with van der Waals surface area (Å²) in [5.41, 5.74) is 2.47. The summed E-state index contributed by atoms with van der Waals surface area (Å²) in [6.45, 7) is 5.71. The van der Waals surface area contributed by atoms with Gasteiger partial charge in [0.1, 0.15) is 4.21 Å². The van der Waals surface area contributed by atoms with Gasteiger partial charge in [-0.15, -0.1) is 11.3 Å². The van der Waals surface area contributed by atoms with Gasteiger partial charge in [0.05, 0.1) is 0 Å². The Kier molecular flexibility index (Phi) is 5.15. The Bertz CT molecular complexity index is 1070. The van der Waals surface area contributed by atoms with Gasteiger partial charge in [0, 0.05) is 46.7 Å². The standard InChI is InChI=1S/C19H20BrN3O2S2/c1-13-17-12-14(20)2-7-18(17)26-19(13)27(24,25)22-15-3-5-16(6-4-15)23-10-8-21-9-11-23/h2-7,12,21-22H,8-11H2,1H3. The summed E-state index contributed by atoms with van der Waals surface area (Å²) >= 11 is 4.75. The number of hydrogen-bond acceptors (Lipinski definition) is 5. The van der Waals surface area contributed by atoms with Gasteiger partial charge in [-0.3, -0.25) is 4.72 Å². The fourth-order valence-corrected chi connectivity index (χ4v) is 6.46. The van der Waals surface area contributed by atoms with Crippen LogP contribution in [0.3, 0.4) is 0 Å². The van der Waals surface area contributed by atoms with E-state index in [0.717, 1.165) is 52.0 Å². The van der Waals surface area contributed by atoms with E-state index in [4.69, 9.17) is 0 Å². The van der Waals surface area contributed by atoms with Gasteiger partial charge in [-0.2, -0.15) is 0 Å². The average molecular weight is 466 g/mol. The number of benzene rings is 2. The first kappa shape index (κ1) is 18.7. The summed E-state index contributed by atoms with van der Waals surface area (Å²) in [4.78, 5) is 2.29. The Balaban J connectivity index is 1.59. The van der Waals surface area contributed by atoms with Gasteiger partial charge >= 0.3 is 0 Å². The summed E-state index contributed by atoms with van der Waals surface area (Å²) < 4.78 is 30.9. The Morgan fingerprint density at radius 3 is 2.52 bits per heavy atom. The van der Waals surface area contributed by atoms with Crippen molar-refractivity contribution in [3.05, 3.63) is 52.5 Å². The molecule has 0 radical (unpaired) electrons. The van der Waals surface area contributed by atoms with Crippen molar-refractivity contribution >= 4 is 58.8 Å². The Morgan fingerprint density at radius 2 is 1.81 bits per heavy atom. The first-order valence-electron chi connectivity index (χ1n) is 8.71. The van der Waals surface area contributed by atoms with Crippen molar-refractivity contribution in [3.63, 3.8) is 0 Å². The van der Waals surface area contributed by atoms with Gasteiger partial charge in [0.2, 0.25) is 0 Å². The molecule has 1 fully saturated rings. The van der Waals surface area contributed by atoms with Gasteiger partial charge in [0.15, 0.2) is 0 Å². The van der Waals surface area contributed by atoms with Crippen LogP contribution in [-0.4, -0.2) is 34.6 Å². The number of halogens is 1. The second-order valence-electron chi connectivity index (χ2n) is 6.54. The Labute approximate surface area is 171 Å². The molecule has 0 bridgehead atoms. The summed E-state index contributed by atoms with van der Waals surface area (Å²) in [6, 6.07) is 13.4. The first-order valence-corrected chi connectivity index (χ1v) is 11.8. The number of sulfonamides is 1. The van der Waals surface area contributed by atoms with E-state index in [1.807, 2.05) is 49.4 Å². The van der Waals surface area contributed by atoms with Crippen LogP contribution in [0.4, 0.5) is 11.4 Å². The Hall–Kier alpha value is -1.61. The third-order valence-corrected chi connectivity index (χ3v) is 8.47. The number of nitrogens with zero attached hydrogens (tertiary/aromatic N) is 1. The number of aryl methyl sites for hydroxylation is 1. The smallest absolute Gasteiger partial charge is 0.271 e. The van der Waals surface area contributed by atoms with Crippen molar-refractivity contribution in [2.24, 2.45) is 0 Å². The highest BCUT2D eigenvalue weighted by atomic mass is 79.9. The molecule has 1 aliphatic heterocycles. The van der Waals surface area contributed by atoms with Crippen molar-refractivity contribution in [3.8, 4) is 0 Å². The molecule has 1 saturated heterocycles. The lowest BCUT2D eigenvalue weighted by Crippen LogP contribution is -2.43. The zero-order chi connectivity index (χ0) is 19.0. The quantitative estimate of drug-likeness (QED) is 0.606. The monoisotopic (exact) mass is 465 g/mol. The van der Waals surface area contributed by atoms with Crippen LogP contribution in [0.5, 0.6) is 0 Å². The molecular weight excluding hydrogens is 446 g/mol. The molecule has 0 saturated carbocycles. The summed E-state index contributed by atoms with van der Waals surface area (Å²) in [5.74, 6) is 0. The minimum atomic E-state index is -3.63. The predicted molar refractivity (Wildman–Crippen MR) is 117 cm³/mol. The minimum Gasteiger partial charge on any atom is -0.369 e. The van der Waals surface area contributed by atoms with Crippen LogP contribution in [0.25, 0.3) is 10.1 Å². The lowest BCUT2D eigenvalue weighted by atomic mass is 10.2. The highest BCUT2D eigenvalue weighted by Crippen LogP contribution is 2.36. The van der Waals surface area contributed by atoms with E-state index in [-0.39, 0.29) is 0 Å². The average Bonchev–Trinajstić information content (AvgIpc) is 3.00. The molecule has 2 N–H and O–H groups in total. The van der Waals surface area contributed by atoms with E-state index in [0.29, 0.717) is 9.90 Å². The van der Waals surface area contributed by atoms with Crippen LogP contribution in [0.2, 0.25) is 0 Å². The van der Waals surface area contributed by atoms with Crippen molar-refractivity contribution in [2.75, 3.05) is 35.8 Å². The van der Waals surface area contributed by atoms with Crippen LogP contribution in [0.15, 0.2) is 51.1 Å². The molecule has 2 heterocycles. The molecule has 2 aromatic carbocycles. The fourth-order valence-electron chi connectivity index (χ4n) is 3.29. The number of thiophene rings is 1. The maximum atomic E-state index is 12.9. The van der Waals surface area contributed by atoms with Gasteiger partial charge in [0.25, 0.3) is 10.0 Å². The van der Waals surface area contributed by atoms with Gasteiger partial charge in [-0.05, 0) is 60.3 Å². The molecule has 0 atom stereocenters. The summed E-state index contributed by atoms with van der Waals surface area (Å²) in [7, 11) is -3.63. The van der Waals surface area contributed by atoms with Crippen LogP contribution in [0.1, 0.15) is 5.56 Å². The largest absolute Gasteiger partial charge is 0.369 e.